The molecule has 0 saturated carbocycles. The van der Waals surface area contributed by atoms with Gasteiger partial charge in [0.25, 0.3) is 5.91 Å². The van der Waals surface area contributed by atoms with Gasteiger partial charge in [-0.2, -0.15) is 0 Å². The van der Waals surface area contributed by atoms with Crippen molar-refractivity contribution in [2.75, 3.05) is 41.8 Å². The van der Waals surface area contributed by atoms with Crippen molar-refractivity contribution in [2.24, 2.45) is 4.99 Å². The Labute approximate surface area is 174 Å². The van der Waals surface area contributed by atoms with Crippen molar-refractivity contribution >= 4 is 11.9 Å². The summed E-state index contributed by atoms with van der Waals surface area (Å²) < 4.78 is 0. The number of aliphatic imine (C=N–C) groups is 1. The molecule has 0 aromatic heterocycles. The molecule has 0 bridgehead atoms. The third-order valence-electron chi connectivity index (χ3n) is 4.49. The fourth-order valence-corrected chi connectivity index (χ4v) is 2.98. The summed E-state index contributed by atoms with van der Waals surface area (Å²) in [7, 11) is 9.44. The molecule has 6 nitrogen and oxygen atoms in total. The minimum Gasteiger partial charge on any atom is -0.356 e. The summed E-state index contributed by atoms with van der Waals surface area (Å²) in [5, 5.41) is 6.68. The predicted octanol–water partition coefficient (Wildman–Crippen LogP) is 2.36. The van der Waals surface area contributed by atoms with E-state index in [1.807, 2.05) is 24.3 Å². The van der Waals surface area contributed by atoms with E-state index < -0.39 is 0 Å². The Bertz CT molecular complexity index is 812. The number of guanidine groups is 1. The zero-order valence-electron chi connectivity index (χ0n) is 18.2. The second-order valence-electron chi connectivity index (χ2n) is 7.56. The zero-order chi connectivity index (χ0) is 21.2. The van der Waals surface area contributed by atoms with E-state index in [-0.39, 0.29) is 5.91 Å². The Morgan fingerprint density at radius 2 is 1.62 bits per heavy atom. The van der Waals surface area contributed by atoms with Crippen molar-refractivity contribution in [2.45, 2.75) is 19.5 Å². The van der Waals surface area contributed by atoms with Gasteiger partial charge in [-0.05, 0) is 49.3 Å². The van der Waals surface area contributed by atoms with Crippen LogP contribution in [-0.2, 0) is 19.5 Å². The normalized spacial score (nSPS) is 11.4. The standard InChI is InChI=1S/C23H33N5O/c1-24-23(26-16-19-9-11-20(12-10-19)17-27(2)3)25-14-13-18-7-6-8-21(15-18)22(29)28(4)5/h6-12,15H,13-14,16-17H2,1-5H3,(H2,24,25,26). The summed E-state index contributed by atoms with van der Waals surface area (Å²) in [6, 6.07) is 16.4. The highest BCUT2D eigenvalue weighted by Gasteiger charge is 2.08. The van der Waals surface area contributed by atoms with E-state index in [0.29, 0.717) is 5.56 Å². The summed E-state index contributed by atoms with van der Waals surface area (Å²) in [6.45, 7) is 2.40. The molecule has 1 amide bonds. The summed E-state index contributed by atoms with van der Waals surface area (Å²) in [5.41, 5.74) is 4.35. The fourth-order valence-electron chi connectivity index (χ4n) is 2.98. The van der Waals surface area contributed by atoms with Crippen LogP contribution in [0, 0.1) is 0 Å². The van der Waals surface area contributed by atoms with Crippen LogP contribution in [0.15, 0.2) is 53.5 Å². The summed E-state index contributed by atoms with van der Waals surface area (Å²) >= 11 is 0. The van der Waals surface area contributed by atoms with Crippen molar-refractivity contribution in [3.05, 3.63) is 70.8 Å². The number of carbonyl (C=O) groups is 1. The molecule has 2 aromatic carbocycles. The van der Waals surface area contributed by atoms with Gasteiger partial charge in [0.15, 0.2) is 5.96 Å². The quantitative estimate of drug-likeness (QED) is 0.532. The first kappa shape index (κ1) is 22.4. The van der Waals surface area contributed by atoms with E-state index in [0.717, 1.165) is 37.6 Å². The molecule has 0 fully saturated rings. The van der Waals surface area contributed by atoms with Gasteiger partial charge < -0.3 is 20.4 Å². The van der Waals surface area contributed by atoms with E-state index in [4.69, 9.17) is 0 Å². The summed E-state index contributed by atoms with van der Waals surface area (Å²) in [4.78, 5) is 20.1. The summed E-state index contributed by atoms with van der Waals surface area (Å²) in [6.07, 6.45) is 0.814. The third kappa shape index (κ3) is 7.58. The van der Waals surface area contributed by atoms with E-state index >= 15 is 0 Å². The summed E-state index contributed by atoms with van der Waals surface area (Å²) in [5.74, 6) is 0.789. The van der Waals surface area contributed by atoms with Gasteiger partial charge >= 0.3 is 0 Å². The van der Waals surface area contributed by atoms with Crippen molar-refractivity contribution in [1.82, 2.24) is 20.4 Å². The van der Waals surface area contributed by atoms with Crippen LogP contribution in [-0.4, -0.2) is 63.4 Å². The third-order valence-corrected chi connectivity index (χ3v) is 4.49. The molecule has 2 rings (SSSR count). The lowest BCUT2D eigenvalue weighted by atomic mass is 10.1. The molecule has 0 aliphatic rings. The second kappa shape index (κ2) is 11.2. The maximum absolute atomic E-state index is 12.1. The minimum absolute atomic E-state index is 0.0221. The van der Waals surface area contributed by atoms with Crippen LogP contribution in [0.3, 0.4) is 0 Å². The highest BCUT2D eigenvalue weighted by atomic mass is 16.2. The van der Waals surface area contributed by atoms with Gasteiger partial charge in [-0.15, -0.1) is 0 Å². The van der Waals surface area contributed by atoms with Crippen LogP contribution in [0.4, 0.5) is 0 Å². The lowest BCUT2D eigenvalue weighted by Gasteiger charge is -2.14. The Morgan fingerprint density at radius 3 is 2.24 bits per heavy atom. The van der Waals surface area contributed by atoms with Gasteiger partial charge in [0, 0.05) is 46.3 Å². The largest absolute Gasteiger partial charge is 0.356 e. The molecule has 0 saturated heterocycles. The lowest BCUT2D eigenvalue weighted by Crippen LogP contribution is -2.37. The van der Waals surface area contributed by atoms with E-state index in [1.165, 1.54) is 11.1 Å². The van der Waals surface area contributed by atoms with Gasteiger partial charge in [-0.1, -0.05) is 36.4 Å². The van der Waals surface area contributed by atoms with Crippen molar-refractivity contribution in [3.63, 3.8) is 0 Å². The molecule has 156 valence electrons. The van der Waals surface area contributed by atoms with Crippen LogP contribution in [0.2, 0.25) is 0 Å². The van der Waals surface area contributed by atoms with Crippen LogP contribution >= 0.6 is 0 Å². The molecule has 0 radical (unpaired) electrons. The first-order valence-corrected chi connectivity index (χ1v) is 9.86. The Kier molecular flexibility index (Phi) is 8.68. The lowest BCUT2D eigenvalue weighted by molar-refractivity contribution is 0.0827. The van der Waals surface area contributed by atoms with Crippen molar-refractivity contribution < 1.29 is 4.79 Å². The van der Waals surface area contributed by atoms with Crippen LogP contribution in [0.1, 0.15) is 27.0 Å². The van der Waals surface area contributed by atoms with Crippen molar-refractivity contribution in [1.29, 1.82) is 0 Å². The van der Waals surface area contributed by atoms with Crippen LogP contribution < -0.4 is 10.6 Å². The molecular formula is C23H33N5O. The average Bonchev–Trinajstić information content (AvgIpc) is 2.70. The molecule has 0 aliphatic heterocycles. The number of benzene rings is 2. The molecule has 0 heterocycles. The van der Waals surface area contributed by atoms with Crippen LogP contribution in [0.5, 0.6) is 0 Å². The molecule has 2 aromatic rings. The number of carbonyl (C=O) groups excluding carboxylic acids is 1. The minimum atomic E-state index is 0.0221. The number of rotatable bonds is 8. The highest BCUT2D eigenvalue weighted by Crippen LogP contribution is 2.08. The number of hydrogen-bond donors (Lipinski definition) is 2. The number of amides is 1. The van der Waals surface area contributed by atoms with Gasteiger partial charge in [0.1, 0.15) is 0 Å². The maximum Gasteiger partial charge on any atom is 0.253 e. The molecule has 29 heavy (non-hydrogen) atoms. The Balaban J connectivity index is 1.81. The Hall–Kier alpha value is -2.86. The van der Waals surface area contributed by atoms with E-state index in [1.54, 1.807) is 26.0 Å². The fraction of sp³-hybridized carbons (Fsp3) is 0.391. The molecule has 2 N–H and O–H groups in total. The van der Waals surface area contributed by atoms with E-state index in [2.05, 4.69) is 58.9 Å². The molecule has 0 aliphatic carbocycles. The maximum atomic E-state index is 12.1. The molecule has 6 heteroatoms. The first-order chi connectivity index (χ1) is 13.9. The molecule has 0 atom stereocenters. The molecule has 0 unspecified atom stereocenters. The monoisotopic (exact) mass is 395 g/mol. The SMILES string of the molecule is CN=C(NCCc1cccc(C(=O)N(C)C)c1)NCc1ccc(CN(C)C)cc1. The van der Waals surface area contributed by atoms with Crippen molar-refractivity contribution in [3.8, 4) is 0 Å². The van der Waals surface area contributed by atoms with Gasteiger partial charge in [-0.3, -0.25) is 9.79 Å². The Morgan fingerprint density at radius 1 is 0.931 bits per heavy atom. The van der Waals surface area contributed by atoms with Gasteiger partial charge in [-0.25, -0.2) is 0 Å². The topological polar surface area (TPSA) is 60.0 Å². The number of hydrogen-bond acceptors (Lipinski definition) is 3. The zero-order valence-corrected chi connectivity index (χ0v) is 18.2. The first-order valence-electron chi connectivity index (χ1n) is 9.86. The highest BCUT2D eigenvalue weighted by molar-refractivity contribution is 5.94. The molecular weight excluding hydrogens is 362 g/mol. The van der Waals surface area contributed by atoms with Crippen LogP contribution in [0.25, 0.3) is 0 Å². The smallest absolute Gasteiger partial charge is 0.253 e. The number of nitrogens with zero attached hydrogens (tertiary/aromatic N) is 3. The average molecular weight is 396 g/mol. The van der Waals surface area contributed by atoms with Gasteiger partial charge in [0.05, 0.1) is 0 Å². The number of nitrogens with one attached hydrogen (secondary N) is 2. The second-order valence-corrected chi connectivity index (χ2v) is 7.56. The predicted molar refractivity (Wildman–Crippen MR) is 120 cm³/mol. The van der Waals surface area contributed by atoms with Gasteiger partial charge in [0.2, 0.25) is 0 Å². The molecule has 0 spiro atoms. The van der Waals surface area contributed by atoms with E-state index in [9.17, 15) is 4.79 Å².